The molecule has 4 nitrogen and oxygen atoms in total. The third kappa shape index (κ3) is 2.88. The highest BCUT2D eigenvalue weighted by molar-refractivity contribution is 6.00. The largest absolute Gasteiger partial charge is 0.481 e. The summed E-state index contributed by atoms with van der Waals surface area (Å²) in [5.41, 5.74) is 2.33. The van der Waals surface area contributed by atoms with Crippen LogP contribution >= 0.6 is 0 Å². The second kappa shape index (κ2) is 5.67. The molecule has 0 amide bonds. The van der Waals surface area contributed by atoms with Crippen molar-refractivity contribution >= 4 is 11.8 Å². The minimum Gasteiger partial charge on any atom is -0.481 e. The third-order valence-electron chi connectivity index (χ3n) is 3.15. The first-order valence-corrected chi connectivity index (χ1v) is 6.24. The van der Waals surface area contributed by atoms with Crippen LogP contribution in [0.2, 0.25) is 0 Å². The highest BCUT2D eigenvalue weighted by Gasteiger charge is 2.17. The second-order valence-electron chi connectivity index (χ2n) is 4.53. The van der Waals surface area contributed by atoms with Crippen molar-refractivity contribution in [3.05, 3.63) is 35.4 Å². The zero-order valence-corrected chi connectivity index (χ0v) is 10.6. The predicted molar refractivity (Wildman–Crippen MR) is 71.0 cm³/mol. The van der Waals surface area contributed by atoms with Gasteiger partial charge in [0.15, 0.2) is 0 Å². The maximum Gasteiger partial charge on any atom is 0.303 e. The Kier molecular flexibility index (Phi) is 3.97. The summed E-state index contributed by atoms with van der Waals surface area (Å²) in [6.07, 6.45) is 1.68. The Morgan fingerprint density at radius 3 is 2.89 bits per heavy atom. The van der Waals surface area contributed by atoms with Gasteiger partial charge < -0.3 is 10.0 Å². The molecule has 1 heterocycles. The second-order valence-corrected chi connectivity index (χ2v) is 4.53. The van der Waals surface area contributed by atoms with E-state index in [2.05, 4.69) is 22.0 Å². The molecule has 1 aromatic rings. The number of benzene rings is 1. The van der Waals surface area contributed by atoms with Gasteiger partial charge in [0.2, 0.25) is 0 Å². The van der Waals surface area contributed by atoms with Gasteiger partial charge in [-0.3, -0.25) is 9.79 Å². The third-order valence-corrected chi connectivity index (χ3v) is 3.15. The maximum atomic E-state index is 10.6. The van der Waals surface area contributed by atoms with E-state index in [1.165, 1.54) is 5.56 Å². The number of hydrogen-bond donors (Lipinski definition) is 1. The lowest BCUT2D eigenvalue weighted by atomic mass is 10.0. The van der Waals surface area contributed by atoms with Crippen molar-refractivity contribution in [3.63, 3.8) is 0 Å². The van der Waals surface area contributed by atoms with Crippen LogP contribution < -0.4 is 0 Å². The number of hydrogen-bond acceptors (Lipinski definition) is 3. The van der Waals surface area contributed by atoms with Gasteiger partial charge in [-0.05, 0) is 18.4 Å². The van der Waals surface area contributed by atoms with E-state index in [-0.39, 0.29) is 6.42 Å². The first kappa shape index (κ1) is 12.6. The molecule has 1 aliphatic rings. The zero-order valence-electron chi connectivity index (χ0n) is 10.6. The minimum atomic E-state index is -0.734. The lowest BCUT2D eigenvalue weighted by molar-refractivity contribution is -0.137. The first-order valence-electron chi connectivity index (χ1n) is 6.24. The molecule has 1 aromatic carbocycles. The molecule has 18 heavy (non-hydrogen) atoms. The summed E-state index contributed by atoms with van der Waals surface area (Å²) in [7, 11) is 2.04. The number of aliphatic imine (C=N–C) groups is 1. The number of aliphatic carboxylic acids is 1. The SMILES string of the molecule is CN1CCN=C1c1ccccc1CCCC(=O)O. The van der Waals surface area contributed by atoms with Gasteiger partial charge in [0, 0.05) is 25.6 Å². The topological polar surface area (TPSA) is 52.9 Å². The predicted octanol–water partition coefficient (Wildman–Crippen LogP) is 1.79. The van der Waals surface area contributed by atoms with Crippen LogP contribution in [-0.4, -0.2) is 41.9 Å². The molecule has 1 N–H and O–H groups in total. The van der Waals surface area contributed by atoms with E-state index in [1.54, 1.807) is 0 Å². The molecule has 0 fully saturated rings. The Hall–Kier alpha value is -1.84. The lowest BCUT2D eigenvalue weighted by Gasteiger charge is -2.16. The fraction of sp³-hybridized carbons (Fsp3) is 0.429. The lowest BCUT2D eigenvalue weighted by Crippen LogP contribution is -2.24. The quantitative estimate of drug-likeness (QED) is 0.861. The summed E-state index contributed by atoms with van der Waals surface area (Å²) in [5, 5.41) is 8.68. The van der Waals surface area contributed by atoms with Crippen LogP contribution in [0.3, 0.4) is 0 Å². The van der Waals surface area contributed by atoms with Gasteiger partial charge in [-0.2, -0.15) is 0 Å². The molecular formula is C14H18N2O2. The normalized spacial score (nSPS) is 14.7. The fourth-order valence-electron chi connectivity index (χ4n) is 2.21. The molecule has 0 unspecified atom stereocenters. The summed E-state index contributed by atoms with van der Waals surface area (Å²) >= 11 is 0. The van der Waals surface area contributed by atoms with Crippen molar-refractivity contribution in [2.75, 3.05) is 20.1 Å². The molecule has 0 aliphatic carbocycles. The Morgan fingerprint density at radius 1 is 1.44 bits per heavy atom. The number of aryl methyl sites for hydroxylation is 1. The number of carboxylic acids is 1. The number of carbonyl (C=O) groups is 1. The summed E-state index contributed by atoms with van der Waals surface area (Å²) in [5.74, 6) is 0.295. The standard InChI is InChI=1S/C14H18N2O2/c1-16-10-9-15-14(16)12-7-3-2-5-11(12)6-4-8-13(17)18/h2-3,5,7H,4,6,8-10H2,1H3,(H,17,18). The number of rotatable bonds is 5. The Morgan fingerprint density at radius 2 is 2.22 bits per heavy atom. The maximum absolute atomic E-state index is 10.6. The van der Waals surface area contributed by atoms with Crippen molar-refractivity contribution in [1.29, 1.82) is 0 Å². The van der Waals surface area contributed by atoms with E-state index >= 15 is 0 Å². The van der Waals surface area contributed by atoms with Crippen LogP contribution in [0, 0.1) is 0 Å². The number of likely N-dealkylation sites (N-methyl/N-ethyl adjacent to an activating group) is 1. The summed E-state index contributed by atoms with van der Waals surface area (Å²) in [6.45, 7) is 1.80. The van der Waals surface area contributed by atoms with Gasteiger partial charge >= 0.3 is 5.97 Å². The fourth-order valence-corrected chi connectivity index (χ4v) is 2.21. The van der Waals surface area contributed by atoms with Crippen molar-refractivity contribution < 1.29 is 9.90 Å². The van der Waals surface area contributed by atoms with Gasteiger partial charge in [0.1, 0.15) is 5.84 Å². The number of nitrogens with zero attached hydrogens (tertiary/aromatic N) is 2. The molecule has 0 saturated heterocycles. The molecule has 0 bridgehead atoms. The van der Waals surface area contributed by atoms with Gasteiger partial charge in [-0.1, -0.05) is 24.3 Å². The Labute approximate surface area is 107 Å². The van der Waals surface area contributed by atoms with Crippen molar-refractivity contribution in [2.24, 2.45) is 4.99 Å². The van der Waals surface area contributed by atoms with Crippen LogP contribution in [0.5, 0.6) is 0 Å². The highest BCUT2D eigenvalue weighted by Crippen LogP contribution is 2.17. The van der Waals surface area contributed by atoms with Crippen LogP contribution in [0.1, 0.15) is 24.0 Å². The van der Waals surface area contributed by atoms with Crippen LogP contribution in [0.25, 0.3) is 0 Å². The summed E-state index contributed by atoms with van der Waals surface area (Å²) in [6, 6.07) is 8.13. The number of carboxylic acid groups (broad SMARTS) is 1. The van der Waals surface area contributed by atoms with Crippen molar-refractivity contribution in [1.82, 2.24) is 4.90 Å². The van der Waals surface area contributed by atoms with E-state index in [9.17, 15) is 4.79 Å². The highest BCUT2D eigenvalue weighted by atomic mass is 16.4. The smallest absolute Gasteiger partial charge is 0.303 e. The van der Waals surface area contributed by atoms with Gasteiger partial charge in [0.05, 0.1) is 6.54 Å². The monoisotopic (exact) mass is 246 g/mol. The summed E-state index contributed by atoms with van der Waals surface area (Å²) < 4.78 is 0. The average Bonchev–Trinajstić information content (AvgIpc) is 2.76. The molecule has 96 valence electrons. The summed E-state index contributed by atoms with van der Waals surface area (Å²) in [4.78, 5) is 17.2. The molecule has 0 spiro atoms. The van der Waals surface area contributed by atoms with Gasteiger partial charge in [-0.15, -0.1) is 0 Å². The van der Waals surface area contributed by atoms with Crippen molar-refractivity contribution in [3.8, 4) is 0 Å². The van der Waals surface area contributed by atoms with E-state index < -0.39 is 5.97 Å². The minimum absolute atomic E-state index is 0.219. The van der Waals surface area contributed by atoms with E-state index in [4.69, 9.17) is 5.11 Å². The van der Waals surface area contributed by atoms with Crippen LogP contribution in [0.15, 0.2) is 29.3 Å². The Bertz CT molecular complexity index is 469. The van der Waals surface area contributed by atoms with E-state index in [0.717, 1.165) is 30.9 Å². The molecule has 0 aromatic heterocycles. The van der Waals surface area contributed by atoms with Crippen molar-refractivity contribution in [2.45, 2.75) is 19.3 Å². The molecule has 1 aliphatic heterocycles. The molecule has 0 radical (unpaired) electrons. The molecule has 0 saturated carbocycles. The zero-order chi connectivity index (χ0) is 13.0. The Balaban J connectivity index is 2.13. The van der Waals surface area contributed by atoms with Gasteiger partial charge in [0.25, 0.3) is 0 Å². The van der Waals surface area contributed by atoms with Gasteiger partial charge in [-0.25, -0.2) is 0 Å². The number of amidine groups is 1. The first-order chi connectivity index (χ1) is 8.68. The van der Waals surface area contributed by atoms with Crippen LogP contribution in [-0.2, 0) is 11.2 Å². The molecular weight excluding hydrogens is 228 g/mol. The molecule has 2 rings (SSSR count). The van der Waals surface area contributed by atoms with E-state index in [1.807, 2.05) is 19.2 Å². The van der Waals surface area contributed by atoms with E-state index in [0.29, 0.717) is 6.42 Å². The molecule has 0 atom stereocenters. The van der Waals surface area contributed by atoms with Crippen LogP contribution in [0.4, 0.5) is 0 Å². The molecule has 4 heteroatoms. The average molecular weight is 246 g/mol.